The number of rotatable bonds is 12. The molecule has 0 atom stereocenters. The number of ether oxygens (including phenoxy) is 1. The zero-order chi connectivity index (χ0) is 29.0. The molecule has 0 aliphatic carbocycles. The van der Waals surface area contributed by atoms with E-state index >= 15 is 0 Å². The van der Waals surface area contributed by atoms with Crippen molar-refractivity contribution in [3.05, 3.63) is 94.0 Å². The first-order chi connectivity index (χ1) is 19.9. The van der Waals surface area contributed by atoms with E-state index in [1.165, 1.54) is 29.8 Å². The second kappa shape index (κ2) is 14.8. The molecule has 0 bridgehead atoms. The van der Waals surface area contributed by atoms with Crippen LogP contribution in [0.5, 0.6) is 0 Å². The fraction of sp³-hybridized carbons (Fsp3) is 0.355. The summed E-state index contributed by atoms with van der Waals surface area (Å²) in [5, 5.41) is 19.3. The summed E-state index contributed by atoms with van der Waals surface area (Å²) in [5.41, 5.74) is 3.50. The number of hydrogen-bond donors (Lipinski definition) is 3. The van der Waals surface area contributed by atoms with Gasteiger partial charge < -0.3 is 25.6 Å². The minimum absolute atomic E-state index is 0.0624. The molecule has 0 saturated carbocycles. The zero-order valence-corrected chi connectivity index (χ0v) is 23.3. The summed E-state index contributed by atoms with van der Waals surface area (Å²) >= 11 is 0. The van der Waals surface area contributed by atoms with Gasteiger partial charge in [0.05, 0.1) is 10.5 Å². The van der Waals surface area contributed by atoms with Crippen LogP contribution in [0.25, 0.3) is 0 Å². The van der Waals surface area contributed by atoms with Crippen molar-refractivity contribution in [3.63, 3.8) is 0 Å². The summed E-state index contributed by atoms with van der Waals surface area (Å²) in [5.74, 6) is 0.385. The summed E-state index contributed by atoms with van der Waals surface area (Å²) < 4.78 is 5.38. The highest BCUT2D eigenvalue weighted by molar-refractivity contribution is 6.04. The summed E-state index contributed by atoms with van der Waals surface area (Å²) in [6.45, 7) is 5.31. The number of benzene rings is 3. The smallest absolute Gasteiger partial charge is 0.323 e. The van der Waals surface area contributed by atoms with Gasteiger partial charge in [-0.3, -0.25) is 14.9 Å². The SMILES string of the molecule is CCOCCCNC(=O)c1cc(NC(=O)Nc2ccc([N+](=O)[O-])cc2)ccc1N1CCC(Cc2ccccc2)CC1. The second-order valence-corrected chi connectivity index (χ2v) is 10.0. The predicted molar refractivity (Wildman–Crippen MR) is 161 cm³/mol. The number of carbonyl (C=O) groups excluding carboxylic acids is 2. The average Bonchev–Trinajstić information content (AvgIpc) is 2.98. The second-order valence-electron chi connectivity index (χ2n) is 10.0. The Morgan fingerprint density at radius 3 is 2.34 bits per heavy atom. The minimum Gasteiger partial charge on any atom is -0.382 e. The first kappa shape index (κ1) is 29.5. The number of nitrogens with zero attached hydrogens (tertiary/aromatic N) is 2. The van der Waals surface area contributed by atoms with E-state index in [1.807, 2.05) is 19.1 Å². The molecule has 4 rings (SSSR count). The molecular weight excluding hydrogens is 522 g/mol. The number of nitrogens with one attached hydrogen (secondary N) is 3. The molecular formula is C31H37N5O5. The molecule has 41 heavy (non-hydrogen) atoms. The summed E-state index contributed by atoms with van der Waals surface area (Å²) in [6.07, 6.45) is 3.81. The number of amides is 3. The Morgan fingerprint density at radius 2 is 1.66 bits per heavy atom. The van der Waals surface area contributed by atoms with Gasteiger partial charge in [0.15, 0.2) is 0 Å². The van der Waals surface area contributed by atoms with Crippen molar-refractivity contribution in [2.24, 2.45) is 5.92 Å². The Balaban J connectivity index is 1.43. The Hall–Kier alpha value is -4.44. The van der Waals surface area contributed by atoms with Crippen molar-refractivity contribution in [2.75, 3.05) is 48.4 Å². The molecule has 0 radical (unpaired) electrons. The molecule has 3 aromatic rings. The lowest BCUT2D eigenvalue weighted by molar-refractivity contribution is -0.384. The molecule has 10 heteroatoms. The van der Waals surface area contributed by atoms with Crippen LogP contribution >= 0.6 is 0 Å². The summed E-state index contributed by atoms with van der Waals surface area (Å²) in [6, 6.07) is 20.9. The normalized spacial score (nSPS) is 13.4. The van der Waals surface area contributed by atoms with Gasteiger partial charge in [0.1, 0.15) is 0 Å². The van der Waals surface area contributed by atoms with E-state index in [2.05, 4.69) is 45.1 Å². The molecule has 1 aliphatic heterocycles. The van der Waals surface area contributed by atoms with Crippen LogP contribution in [0.3, 0.4) is 0 Å². The maximum absolute atomic E-state index is 13.3. The van der Waals surface area contributed by atoms with Crippen molar-refractivity contribution >= 4 is 34.7 Å². The van der Waals surface area contributed by atoms with Gasteiger partial charge in [-0.2, -0.15) is 0 Å². The molecule has 0 spiro atoms. The van der Waals surface area contributed by atoms with Crippen molar-refractivity contribution in [3.8, 4) is 0 Å². The van der Waals surface area contributed by atoms with E-state index in [1.54, 1.807) is 12.1 Å². The van der Waals surface area contributed by atoms with E-state index in [0.29, 0.717) is 49.0 Å². The van der Waals surface area contributed by atoms with Crippen LogP contribution < -0.4 is 20.9 Å². The number of urea groups is 1. The highest BCUT2D eigenvalue weighted by Gasteiger charge is 2.24. The third kappa shape index (κ3) is 8.77. The molecule has 3 N–H and O–H groups in total. The van der Waals surface area contributed by atoms with Crippen LogP contribution in [-0.2, 0) is 11.2 Å². The Labute approximate surface area is 240 Å². The predicted octanol–water partition coefficient (Wildman–Crippen LogP) is 5.85. The lowest BCUT2D eigenvalue weighted by atomic mass is 9.89. The molecule has 1 heterocycles. The summed E-state index contributed by atoms with van der Waals surface area (Å²) in [7, 11) is 0. The van der Waals surface area contributed by atoms with Crippen molar-refractivity contribution in [1.82, 2.24) is 5.32 Å². The molecule has 3 aromatic carbocycles. The molecule has 0 unspecified atom stereocenters. The third-order valence-corrected chi connectivity index (χ3v) is 7.11. The van der Waals surface area contributed by atoms with Crippen molar-refractivity contribution < 1.29 is 19.2 Å². The largest absolute Gasteiger partial charge is 0.382 e. The molecule has 0 aromatic heterocycles. The molecule has 216 valence electrons. The van der Waals surface area contributed by atoms with E-state index in [9.17, 15) is 19.7 Å². The molecule has 3 amide bonds. The fourth-order valence-electron chi connectivity index (χ4n) is 4.97. The lowest BCUT2D eigenvalue weighted by Crippen LogP contribution is -2.36. The number of nitro benzene ring substituents is 1. The quantitative estimate of drug-likeness (QED) is 0.145. The molecule has 10 nitrogen and oxygen atoms in total. The highest BCUT2D eigenvalue weighted by Crippen LogP contribution is 2.30. The Morgan fingerprint density at radius 1 is 0.976 bits per heavy atom. The highest BCUT2D eigenvalue weighted by atomic mass is 16.6. The Bertz CT molecular complexity index is 1310. The van der Waals surface area contributed by atoms with E-state index in [4.69, 9.17) is 4.74 Å². The fourth-order valence-corrected chi connectivity index (χ4v) is 4.97. The summed E-state index contributed by atoms with van der Waals surface area (Å²) in [4.78, 5) is 38.6. The number of piperidine rings is 1. The molecule has 1 saturated heterocycles. The van der Waals surface area contributed by atoms with Gasteiger partial charge in [0, 0.05) is 62.0 Å². The van der Waals surface area contributed by atoms with E-state index < -0.39 is 11.0 Å². The first-order valence-electron chi connectivity index (χ1n) is 14.0. The lowest BCUT2D eigenvalue weighted by Gasteiger charge is -2.35. The van der Waals surface area contributed by atoms with Gasteiger partial charge in [-0.15, -0.1) is 0 Å². The number of carbonyl (C=O) groups is 2. The number of hydrogen-bond acceptors (Lipinski definition) is 6. The van der Waals surface area contributed by atoms with Gasteiger partial charge in [-0.1, -0.05) is 30.3 Å². The van der Waals surface area contributed by atoms with Gasteiger partial charge in [-0.05, 0) is 74.4 Å². The van der Waals surface area contributed by atoms with Gasteiger partial charge >= 0.3 is 6.03 Å². The zero-order valence-electron chi connectivity index (χ0n) is 23.3. The average molecular weight is 560 g/mol. The number of non-ortho nitro benzene ring substituents is 1. The van der Waals surface area contributed by atoms with Crippen LogP contribution in [0, 0.1) is 16.0 Å². The van der Waals surface area contributed by atoms with Crippen molar-refractivity contribution in [2.45, 2.75) is 32.6 Å². The number of nitro groups is 1. The van der Waals surface area contributed by atoms with Gasteiger partial charge in [0.25, 0.3) is 11.6 Å². The molecule has 1 aliphatic rings. The monoisotopic (exact) mass is 559 g/mol. The van der Waals surface area contributed by atoms with Crippen LogP contribution in [0.15, 0.2) is 72.8 Å². The van der Waals surface area contributed by atoms with Crippen LogP contribution in [0.4, 0.5) is 27.5 Å². The van der Waals surface area contributed by atoms with Gasteiger partial charge in [-0.25, -0.2) is 4.79 Å². The maximum atomic E-state index is 13.3. The van der Waals surface area contributed by atoms with Crippen LogP contribution in [-0.4, -0.2) is 49.7 Å². The third-order valence-electron chi connectivity index (χ3n) is 7.11. The molecule has 1 fully saturated rings. The number of anilines is 3. The minimum atomic E-state index is -0.517. The standard InChI is InChI=1S/C31H37N5O5/c1-2-41-20-6-17-32-30(37)28-22-26(34-31(38)33-25-9-12-27(13-10-25)36(39)40)11-14-29(28)35-18-15-24(16-19-35)21-23-7-4-3-5-8-23/h3-5,7-14,22,24H,2,6,15-21H2,1H3,(H,32,37)(H2,33,34,38). The maximum Gasteiger partial charge on any atom is 0.323 e. The van der Waals surface area contributed by atoms with Crippen LogP contribution in [0.2, 0.25) is 0 Å². The van der Waals surface area contributed by atoms with E-state index in [0.717, 1.165) is 38.0 Å². The van der Waals surface area contributed by atoms with Crippen LogP contribution in [0.1, 0.15) is 42.1 Å². The topological polar surface area (TPSA) is 126 Å². The Kier molecular flexibility index (Phi) is 10.7. The van der Waals surface area contributed by atoms with E-state index in [-0.39, 0.29) is 11.6 Å². The first-order valence-corrected chi connectivity index (χ1v) is 14.0. The van der Waals surface area contributed by atoms with Crippen molar-refractivity contribution in [1.29, 1.82) is 0 Å². The van der Waals surface area contributed by atoms with Gasteiger partial charge in [0.2, 0.25) is 0 Å².